The van der Waals surface area contributed by atoms with Crippen LogP contribution < -0.4 is 10.6 Å². The molecule has 9 heteroatoms. The molecule has 168 valence electrons. The van der Waals surface area contributed by atoms with E-state index >= 15 is 0 Å². The van der Waals surface area contributed by atoms with E-state index in [4.69, 9.17) is 0 Å². The molecule has 3 rings (SSSR count). The molecule has 0 saturated carbocycles. The van der Waals surface area contributed by atoms with Crippen LogP contribution in [0.1, 0.15) is 30.5 Å². The summed E-state index contributed by atoms with van der Waals surface area (Å²) in [5.74, 6) is -2.16. The molecule has 1 aliphatic rings. The second-order valence-electron chi connectivity index (χ2n) is 7.82. The number of likely N-dealkylation sites (N-methyl/N-ethyl adjacent to an activating group) is 1. The summed E-state index contributed by atoms with van der Waals surface area (Å²) in [4.78, 5) is 49.9. The number of benzene rings is 2. The van der Waals surface area contributed by atoms with Crippen molar-refractivity contribution in [3.05, 3.63) is 71.4 Å². The first-order valence-electron chi connectivity index (χ1n) is 10.1. The average molecular weight is 459 g/mol. The molecule has 2 aromatic rings. The second kappa shape index (κ2) is 11.3. The van der Waals surface area contributed by atoms with Crippen LogP contribution in [0, 0.1) is 6.92 Å². The number of carboxylic acid groups (broad SMARTS) is 1. The zero-order valence-electron chi connectivity index (χ0n) is 18.1. The molecule has 0 aliphatic carbocycles. The minimum absolute atomic E-state index is 0. The molecule has 1 aliphatic heterocycles. The van der Waals surface area contributed by atoms with E-state index in [1.54, 1.807) is 19.1 Å². The van der Waals surface area contributed by atoms with Gasteiger partial charge in [0.2, 0.25) is 0 Å². The number of urea groups is 1. The second-order valence-corrected chi connectivity index (χ2v) is 7.82. The van der Waals surface area contributed by atoms with Crippen LogP contribution in [0.25, 0.3) is 11.1 Å². The number of carboxylic acids is 1. The Morgan fingerprint density at radius 1 is 1.06 bits per heavy atom. The van der Waals surface area contributed by atoms with Gasteiger partial charge in [-0.3, -0.25) is 14.4 Å². The number of aliphatic carboxylic acids is 1. The number of ketones is 1. The van der Waals surface area contributed by atoms with Gasteiger partial charge < -0.3 is 20.6 Å². The maximum atomic E-state index is 12.6. The molecule has 0 bridgehead atoms. The standard InChI is InChI=1S/C24H25N3O5.Na.H/c1-14-7-9-16(10-8-14)17-5-4-6-18(11-17)19(12-20(28)29)25-24(32)26-21-22(30)15(2)13-27(3)23(21)31;;/h4-11,13,19,21H,12H2,1-3H3,(H,28,29)(H2,25,26,32);;/t19-,21?;;/m0../s1. The van der Waals surface area contributed by atoms with Crippen molar-refractivity contribution in [2.24, 2.45) is 0 Å². The van der Waals surface area contributed by atoms with Crippen LogP contribution in [-0.2, 0) is 14.4 Å². The fraction of sp³-hybridized carbons (Fsp3) is 0.250. The monoisotopic (exact) mass is 459 g/mol. The third kappa shape index (κ3) is 6.54. The molecule has 2 atom stereocenters. The van der Waals surface area contributed by atoms with Crippen molar-refractivity contribution in [3.63, 3.8) is 0 Å². The summed E-state index contributed by atoms with van der Waals surface area (Å²) in [6.07, 6.45) is 1.04. The van der Waals surface area contributed by atoms with Gasteiger partial charge in [0.15, 0.2) is 11.8 Å². The Morgan fingerprint density at radius 3 is 2.36 bits per heavy atom. The van der Waals surface area contributed by atoms with Gasteiger partial charge in [-0.15, -0.1) is 0 Å². The fourth-order valence-electron chi connectivity index (χ4n) is 3.53. The molecular formula is C24H26N3NaO5. The van der Waals surface area contributed by atoms with Gasteiger partial charge in [-0.1, -0.05) is 48.0 Å². The number of hydrogen-bond acceptors (Lipinski definition) is 4. The molecule has 0 fully saturated rings. The van der Waals surface area contributed by atoms with Crippen LogP contribution in [0.3, 0.4) is 0 Å². The fourth-order valence-corrected chi connectivity index (χ4v) is 3.53. The van der Waals surface area contributed by atoms with E-state index in [-0.39, 0.29) is 36.0 Å². The van der Waals surface area contributed by atoms with E-state index < -0.39 is 35.8 Å². The van der Waals surface area contributed by atoms with Crippen molar-refractivity contribution in [1.29, 1.82) is 0 Å². The summed E-state index contributed by atoms with van der Waals surface area (Å²) in [7, 11) is 1.49. The van der Waals surface area contributed by atoms with Gasteiger partial charge in [0.1, 0.15) is 0 Å². The molecule has 0 saturated heterocycles. The number of carbonyl (C=O) groups excluding carboxylic acids is 3. The topological polar surface area (TPSA) is 116 Å². The first kappa shape index (κ1) is 26.3. The summed E-state index contributed by atoms with van der Waals surface area (Å²) in [6.45, 7) is 3.55. The third-order valence-electron chi connectivity index (χ3n) is 5.27. The molecule has 3 amide bonds. The Hall–Kier alpha value is -2.94. The Balaban J connectivity index is 0.00000385. The average Bonchev–Trinajstić information content (AvgIpc) is 2.75. The van der Waals surface area contributed by atoms with Crippen LogP contribution in [0.4, 0.5) is 4.79 Å². The first-order valence-corrected chi connectivity index (χ1v) is 10.1. The molecule has 3 N–H and O–H groups in total. The molecule has 0 radical (unpaired) electrons. The summed E-state index contributed by atoms with van der Waals surface area (Å²) < 4.78 is 0. The molecule has 0 spiro atoms. The van der Waals surface area contributed by atoms with Crippen LogP contribution in [-0.4, -0.2) is 76.3 Å². The summed E-state index contributed by atoms with van der Waals surface area (Å²) >= 11 is 0. The zero-order valence-corrected chi connectivity index (χ0v) is 18.1. The van der Waals surface area contributed by atoms with Gasteiger partial charge in [-0.25, -0.2) is 4.79 Å². The van der Waals surface area contributed by atoms with E-state index in [2.05, 4.69) is 10.6 Å². The van der Waals surface area contributed by atoms with Crippen molar-refractivity contribution >= 4 is 53.2 Å². The Morgan fingerprint density at radius 2 is 1.73 bits per heavy atom. The van der Waals surface area contributed by atoms with Gasteiger partial charge >= 0.3 is 41.6 Å². The van der Waals surface area contributed by atoms with E-state index in [0.29, 0.717) is 11.1 Å². The van der Waals surface area contributed by atoms with E-state index in [1.165, 1.54) is 18.1 Å². The Bertz CT molecular complexity index is 1100. The molecule has 1 unspecified atom stereocenters. The van der Waals surface area contributed by atoms with E-state index in [9.17, 15) is 24.3 Å². The predicted octanol–water partition coefficient (Wildman–Crippen LogP) is 2.14. The van der Waals surface area contributed by atoms with Gasteiger partial charge in [0.05, 0.1) is 12.5 Å². The third-order valence-corrected chi connectivity index (χ3v) is 5.27. The van der Waals surface area contributed by atoms with Crippen LogP contribution >= 0.6 is 0 Å². The van der Waals surface area contributed by atoms with Gasteiger partial charge in [0.25, 0.3) is 5.91 Å². The number of carbonyl (C=O) groups is 4. The SMILES string of the molecule is CC1=CN(C)C(=O)C(NC(=O)N[C@@H](CC(=O)O)c2cccc(-c3ccc(C)cc3)c2)C1=O.[NaH]. The zero-order chi connectivity index (χ0) is 23.4. The number of amides is 3. The van der Waals surface area contributed by atoms with Crippen LogP contribution in [0.5, 0.6) is 0 Å². The molecule has 0 aromatic heterocycles. The first-order chi connectivity index (χ1) is 15.2. The van der Waals surface area contributed by atoms with Gasteiger partial charge in [-0.2, -0.15) is 0 Å². The number of Topliss-reactive ketones (excluding diaryl/α,β-unsaturated/α-hetero) is 1. The molecule has 2 aromatic carbocycles. The molecule has 8 nitrogen and oxygen atoms in total. The quantitative estimate of drug-likeness (QED) is 0.452. The van der Waals surface area contributed by atoms with Crippen molar-refractivity contribution in [1.82, 2.24) is 15.5 Å². The van der Waals surface area contributed by atoms with Crippen LogP contribution in [0.15, 0.2) is 60.3 Å². The summed E-state index contributed by atoms with van der Waals surface area (Å²) in [5.41, 5.74) is 3.88. The van der Waals surface area contributed by atoms with Crippen molar-refractivity contribution in [2.75, 3.05) is 7.05 Å². The van der Waals surface area contributed by atoms with Crippen molar-refractivity contribution < 1.29 is 24.3 Å². The van der Waals surface area contributed by atoms with Gasteiger partial charge in [-0.05, 0) is 36.6 Å². The molecule has 33 heavy (non-hydrogen) atoms. The predicted molar refractivity (Wildman–Crippen MR) is 126 cm³/mol. The van der Waals surface area contributed by atoms with E-state index in [0.717, 1.165) is 16.7 Å². The van der Waals surface area contributed by atoms with E-state index in [1.807, 2.05) is 43.3 Å². The summed E-state index contributed by atoms with van der Waals surface area (Å²) in [6, 6.07) is 12.1. The molecular weight excluding hydrogens is 433 g/mol. The van der Waals surface area contributed by atoms with Crippen molar-refractivity contribution in [3.8, 4) is 11.1 Å². The normalized spacial score (nSPS) is 16.4. The molecule has 1 heterocycles. The number of nitrogens with one attached hydrogen (secondary N) is 2. The van der Waals surface area contributed by atoms with Crippen LogP contribution in [0.2, 0.25) is 0 Å². The summed E-state index contributed by atoms with van der Waals surface area (Å²) in [5, 5.41) is 14.3. The number of hydrogen-bond donors (Lipinski definition) is 3. The number of rotatable bonds is 6. The maximum absolute atomic E-state index is 12.6. The van der Waals surface area contributed by atoms with Gasteiger partial charge in [0, 0.05) is 18.8 Å². The number of nitrogens with zero attached hydrogens (tertiary/aromatic N) is 1. The Labute approximate surface area is 214 Å². The minimum atomic E-state index is -1.35. The Kier molecular flexibility index (Phi) is 8.99. The van der Waals surface area contributed by atoms with Crippen molar-refractivity contribution in [2.45, 2.75) is 32.4 Å². The number of aryl methyl sites for hydroxylation is 1.